The molecule has 0 amide bonds. The molecule has 5 heteroatoms. The van der Waals surface area contributed by atoms with Gasteiger partial charge in [0, 0.05) is 24.9 Å². The molecule has 92 valence electrons. The Kier molecular flexibility index (Phi) is 6.03. The first kappa shape index (κ1) is 13.4. The molecule has 4 nitrogen and oxygen atoms in total. The van der Waals surface area contributed by atoms with Gasteiger partial charge in [-0.25, -0.2) is 14.4 Å². The van der Waals surface area contributed by atoms with Gasteiger partial charge < -0.3 is 10.7 Å². The summed E-state index contributed by atoms with van der Waals surface area (Å²) in [7, 11) is 0. The lowest BCUT2D eigenvalue weighted by atomic mass is 10.2. The van der Waals surface area contributed by atoms with Crippen LogP contribution in [0.5, 0.6) is 0 Å². The van der Waals surface area contributed by atoms with Crippen molar-refractivity contribution in [2.75, 3.05) is 13.1 Å². The summed E-state index contributed by atoms with van der Waals surface area (Å²) in [5.74, 6) is 0.0909. The molecule has 0 aliphatic heterocycles. The summed E-state index contributed by atoms with van der Waals surface area (Å²) in [5.41, 5.74) is 0.622. The molecule has 1 aromatic heterocycles. The summed E-state index contributed by atoms with van der Waals surface area (Å²) < 4.78 is 12.6. The molecule has 0 atom stereocenters. The van der Waals surface area contributed by atoms with Crippen LogP contribution in [0.4, 0.5) is 10.2 Å². The zero-order valence-electron chi connectivity index (χ0n) is 9.91. The molecule has 0 unspecified atom stereocenters. The monoisotopic (exact) mass is 236 g/mol. The van der Waals surface area contributed by atoms with Gasteiger partial charge in [0.2, 0.25) is 0 Å². The summed E-state index contributed by atoms with van der Waals surface area (Å²) in [6.07, 6.45) is 3.98. The van der Waals surface area contributed by atoms with Gasteiger partial charge in [-0.3, -0.25) is 0 Å². The summed E-state index contributed by atoms with van der Waals surface area (Å²) in [4.78, 5) is 7.85. The van der Waals surface area contributed by atoms with Crippen LogP contribution in [0.2, 0.25) is 0 Å². The summed E-state index contributed by atoms with van der Waals surface area (Å²) in [5, 5.41) is 10.8. The zero-order valence-corrected chi connectivity index (χ0v) is 9.91. The Morgan fingerprint density at radius 2 is 2.41 bits per heavy atom. The van der Waals surface area contributed by atoms with Crippen LogP contribution < -0.4 is 5.32 Å². The predicted molar refractivity (Wildman–Crippen MR) is 67.9 cm³/mol. The highest BCUT2D eigenvalue weighted by molar-refractivity contribution is 5.93. The standard InChI is InChI=1S/C12H17FN4/c1-2-15-7-5-11(14)6-8-16-12-4-3-10(13)9-17-12/h3-4,8-9,14-15H,2,5-7H2,1H3. The third kappa shape index (κ3) is 5.87. The number of nitrogens with one attached hydrogen (secondary N) is 2. The van der Waals surface area contributed by atoms with Crippen molar-refractivity contribution in [3.05, 3.63) is 24.1 Å². The zero-order chi connectivity index (χ0) is 12.5. The predicted octanol–water partition coefficient (Wildman–Crippen LogP) is 2.33. The molecule has 0 aromatic carbocycles. The second-order valence-electron chi connectivity index (χ2n) is 3.56. The van der Waals surface area contributed by atoms with Crippen molar-refractivity contribution in [3.8, 4) is 0 Å². The number of hydrogen-bond acceptors (Lipinski definition) is 4. The van der Waals surface area contributed by atoms with Crippen LogP contribution in [0.15, 0.2) is 23.3 Å². The molecular formula is C12H17FN4. The highest BCUT2D eigenvalue weighted by Crippen LogP contribution is 2.06. The molecule has 0 aliphatic rings. The lowest BCUT2D eigenvalue weighted by Crippen LogP contribution is -2.17. The van der Waals surface area contributed by atoms with Crippen LogP contribution in [0.25, 0.3) is 0 Å². The summed E-state index contributed by atoms with van der Waals surface area (Å²) in [6.45, 7) is 3.77. The second-order valence-corrected chi connectivity index (χ2v) is 3.56. The van der Waals surface area contributed by atoms with Gasteiger partial charge in [0.15, 0.2) is 5.82 Å². The molecule has 1 rings (SSSR count). The Labute approximate surface area is 101 Å². The number of nitrogens with zero attached hydrogens (tertiary/aromatic N) is 2. The Morgan fingerprint density at radius 3 is 3.06 bits per heavy atom. The Bertz CT molecular complexity index is 373. The van der Waals surface area contributed by atoms with Crippen molar-refractivity contribution in [3.63, 3.8) is 0 Å². The van der Waals surface area contributed by atoms with E-state index in [1.54, 1.807) is 6.21 Å². The van der Waals surface area contributed by atoms with Gasteiger partial charge in [0.1, 0.15) is 5.82 Å². The minimum Gasteiger partial charge on any atom is -0.317 e. The van der Waals surface area contributed by atoms with Crippen LogP contribution in [0, 0.1) is 11.2 Å². The first-order valence-electron chi connectivity index (χ1n) is 5.63. The maximum atomic E-state index is 12.6. The average molecular weight is 236 g/mol. The number of pyridine rings is 1. The Balaban J connectivity index is 2.29. The van der Waals surface area contributed by atoms with Crippen molar-refractivity contribution in [1.82, 2.24) is 10.3 Å². The maximum Gasteiger partial charge on any atom is 0.151 e. The lowest BCUT2D eigenvalue weighted by Gasteiger charge is -2.00. The molecule has 0 fully saturated rings. The van der Waals surface area contributed by atoms with Gasteiger partial charge in [-0.1, -0.05) is 6.92 Å². The second kappa shape index (κ2) is 7.62. The van der Waals surface area contributed by atoms with Crippen LogP contribution in [-0.4, -0.2) is 30.0 Å². The molecule has 0 saturated heterocycles. The maximum absolute atomic E-state index is 12.6. The largest absolute Gasteiger partial charge is 0.317 e. The number of aromatic nitrogens is 1. The van der Waals surface area contributed by atoms with E-state index in [9.17, 15) is 4.39 Å². The number of rotatable bonds is 7. The molecule has 1 heterocycles. The minimum atomic E-state index is -0.373. The van der Waals surface area contributed by atoms with E-state index in [0.29, 0.717) is 18.0 Å². The number of halogens is 1. The van der Waals surface area contributed by atoms with Gasteiger partial charge in [-0.15, -0.1) is 0 Å². The quantitative estimate of drug-likeness (QED) is 0.564. The molecule has 2 N–H and O–H groups in total. The van der Waals surface area contributed by atoms with E-state index in [4.69, 9.17) is 5.41 Å². The normalized spacial score (nSPS) is 10.9. The van der Waals surface area contributed by atoms with E-state index in [1.807, 2.05) is 6.92 Å². The Hall–Kier alpha value is -1.62. The van der Waals surface area contributed by atoms with E-state index in [-0.39, 0.29) is 5.82 Å². The molecule has 0 saturated carbocycles. The number of aliphatic imine (C=N–C) groups is 1. The van der Waals surface area contributed by atoms with Crippen molar-refractivity contribution in [2.24, 2.45) is 4.99 Å². The summed E-state index contributed by atoms with van der Waals surface area (Å²) >= 11 is 0. The van der Waals surface area contributed by atoms with Crippen LogP contribution in [-0.2, 0) is 0 Å². The molecule has 17 heavy (non-hydrogen) atoms. The van der Waals surface area contributed by atoms with Crippen molar-refractivity contribution in [1.29, 1.82) is 5.41 Å². The molecule has 0 radical (unpaired) electrons. The third-order valence-electron chi connectivity index (χ3n) is 2.13. The highest BCUT2D eigenvalue weighted by Gasteiger charge is 1.95. The van der Waals surface area contributed by atoms with Crippen molar-refractivity contribution >= 4 is 17.7 Å². The molecule has 0 spiro atoms. The molecule has 0 aliphatic carbocycles. The topological polar surface area (TPSA) is 61.1 Å². The molecular weight excluding hydrogens is 219 g/mol. The fraction of sp³-hybridized carbons (Fsp3) is 0.417. The van der Waals surface area contributed by atoms with E-state index in [1.165, 1.54) is 12.1 Å². The number of hydrogen-bond donors (Lipinski definition) is 2. The Morgan fingerprint density at radius 1 is 1.59 bits per heavy atom. The van der Waals surface area contributed by atoms with Gasteiger partial charge >= 0.3 is 0 Å². The van der Waals surface area contributed by atoms with Crippen molar-refractivity contribution < 1.29 is 4.39 Å². The first-order chi connectivity index (χ1) is 8.22. The SMILES string of the molecule is CCNCCC(=N)CC=Nc1ccc(F)cn1. The van der Waals surface area contributed by atoms with Crippen LogP contribution >= 0.6 is 0 Å². The van der Waals surface area contributed by atoms with E-state index in [0.717, 1.165) is 25.7 Å². The van der Waals surface area contributed by atoms with Gasteiger partial charge in [-0.05, 0) is 25.1 Å². The smallest absolute Gasteiger partial charge is 0.151 e. The van der Waals surface area contributed by atoms with Crippen LogP contribution in [0.1, 0.15) is 19.8 Å². The van der Waals surface area contributed by atoms with Crippen LogP contribution in [0.3, 0.4) is 0 Å². The minimum absolute atomic E-state index is 0.373. The fourth-order valence-electron chi connectivity index (χ4n) is 1.21. The van der Waals surface area contributed by atoms with E-state index in [2.05, 4.69) is 15.3 Å². The van der Waals surface area contributed by atoms with Crippen molar-refractivity contribution in [2.45, 2.75) is 19.8 Å². The summed E-state index contributed by atoms with van der Waals surface area (Å²) in [6, 6.07) is 2.82. The third-order valence-corrected chi connectivity index (χ3v) is 2.13. The fourth-order valence-corrected chi connectivity index (χ4v) is 1.21. The van der Waals surface area contributed by atoms with E-state index < -0.39 is 0 Å². The highest BCUT2D eigenvalue weighted by atomic mass is 19.1. The van der Waals surface area contributed by atoms with Gasteiger partial charge in [0.25, 0.3) is 0 Å². The van der Waals surface area contributed by atoms with Gasteiger partial charge in [-0.2, -0.15) is 0 Å². The average Bonchev–Trinajstić information content (AvgIpc) is 2.32. The van der Waals surface area contributed by atoms with E-state index >= 15 is 0 Å². The molecule has 0 bridgehead atoms. The first-order valence-corrected chi connectivity index (χ1v) is 5.63. The molecule has 1 aromatic rings. The van der Waals surface area contributed by atoms with Gasteiger partial charge in [0.05, 0.1) is 6.20 Å². The lowest BCUT2D eigenvalue weighted by molar-refractivity contribution is 0.621.